The van der Waals surface area contributed by atoms with E-state index in [9.17, 15) is 4.79 Å². The second-order valence-corrected chi connectivity index (χ2v) is 6.33. The van der Waals surface area contributed by atoms with Crippen molar-refractivity contribution in [2.24, 2.45) is 4.99 Å². The van der Waals surface area contributed by atoms with Gasteiger partial charge in [-0.1, -0.05) is 11.3 Å². The molecule has 1 amide bonds. The predicted octanol–water partition coefficient (Wildman–Crippen LogP) is 1.68. The molecule has 1 aliphatic rings. The predicted molar refractivity (Wildman–Crippen MR) is 95.4 cm³/mol. The fourth-order valence-corrected chi connectivity index (χ4v) is 3.57. The van der Waals surface area contributed by atoms with Crippen LogP contribution in [0.5, 0.6) is 11.5 Å². The zero-order valence-corrected chi connectivity index (χ0v) is 15.6. The summed E-state index contributed by atoms with van der Waals surface area (Å²) in [6.45, 7) is 1.77. The van der Waals surface area contributed by atoms with Crippen LogP contribution in [-0.4, -0.2) is 51.6 Å². The van der Waals surface area contributed by atoms with Gasteiger partial charge in [-0.15, -0.1) is 0 Å². The van der Waals surface area contributed by atoms with Crippen LogP contribution < -0.4 is 14.3 Å². The van der Waals surface area contributed by atoms with Crippen molar-refractivity contribution in [3.05, 3.63) is 29.0 Å². The summed E-state index contributed by atoms with van der Waals surface area (Å²) in [5.74, 6) is 0.835. The number of amides is 1. The van der Waals surface area contributed by atoms with Gasteiger partial charge < -0.3 is 28.3 Å². The largest absolute Gasteiger partial charge is 0.494 e. The van der Waals surface area contributed by atoms with Crippen molar-refractivity contribution < 1.29 is 28.5 Å². The lowest BCUT2D eigenvalue weighted by Crippen LogP contribution is -2.21. The maximum absolute atomic E-state index is 12.4. The zero-order valence-electron chi connectivity index (χ0n) is 14.8. The molecule has 140 valence electrons. The minimum Gasteiger partial charge on any atom is -0.494 e. The standard InChI is InChI=1S/C17H20N2O6S/c1-21-5-4-19-11-8-12(22-2)13(23-3)9-15(11)26-17(19)18-16(20)14-10-24-6-7-25-14/h8-10H,4-7H2,1-3H3. The van der Waals surface area contributed by atoms with Crippen LogP contribution in [0.1, 0.15) is 0 Å². The maximum Gasteiger partial charge on any atom is 0.317 e. The number of aromatic nitrogens is 1. The van der Waals surface area contributed by atoms with Crippen molar-refractivity contribution in [2.45, 2.75) is 6.54 Å². The van der Waals surface area contributed by atoms with Crippen molar-refractivity contribution in [1.82, 2.24) is 4.57 Å². The molecule has 2 aromatic rings. The highest BCUT2D eigenvalue weighted by Gasteiger charge is 2.17. The average molecular weight is 380 g/mol. The third-order valence-corrected chi connectivity index (χ3v) is 4.81. The van der Waals surface area contributed by atoms with E-state index in [-0.39, 0.29) is 5.76 Å². The number of methoxy groups -OCH3 is 3. The Kier molecular flexibility index (Phi) is 5.79. The SMILES string of the molecule is COCCn1c(=NC(=O)C2=COCCO2)sc2cc(OC)c(OC)cc21. The summed E-state index contributed by atoms with van der Waals surface area (Å²) in [7, 11) is 4.79. The fraction of sp³-hybridized carbons (Fsp3) is 0.412. The first-order valence-electron chi connectivity index (χ1n) is 7.96. The summed E-state index contributed by atoms with van der Waals surface area (Å²) in [5.41, 5.74) is 0.881. The Bertz CT molecular complexity index is 899. The van der Waals surface area contributed by atoms with E-state index in [0.29, 0.717) is 42.7 Å². The molecule has 2 heterocycles. The first-order chi connectivity index (χ1) is 12.7. The number of carbonyl (C=O) groups excluding carboxylic acids is 1. The molecule has 26 heavy (non-hydrogen) atoms. The normalized spacial score (nSPS) is 14.6. The minimum absolute atomic E-state index is 0.0992. The summed E-state index contributed by atoms with van der Waals surface area (Å²) in [5, 5.41) is 0. The number of thiazole rings is 1. The number of nitrogens with zero attached hydrogens (tertiary/aromatic N) is 2. The fourth-order valence-electron chi connectivity index (χ4n) is 2.50. The molecule has 0 unspecified atom stereocenters. The van der Waals surface area contributed by atoms with E-state index in [1.54, 1.807) is 21.3 Å². The first kappa shape index (κ1) is 18.3. The van der Waals surface area contributed by atoms with Crippen LogP contribution >= 0.6 is 11.3 Å². The monoisotopic (exact) mass is 380 g/mol. The molecule has 0 aliphatic carbocycles. The van der Waals surface area contributed by atoms with Crippen LogP contribution in [0.3, 0.4) is 0 Å². The highest BCUT2D eigenvalue weighted by atomic mass is 32.1. The number of hydrogen-bond acceptors (Lipinski definition) is 7. The van der Waals surface area contributed by atoms with Crippen LogP contribution in [0.25, 0.3) is 10.2 Å². The third kappa shape index (κ3) is 3.68. The second kappa shape index (κ2) is 8.24. The van der Waals surface area contributed by atoms with E-state index in [1.807, 2.05) is 16.7 Å². The molecule has 0 bridgehead atoms. The van der Waals surface area contributed by atoms with Gasteiger partial charge in [-0.3, -0.25) is 4.79 Å². The summed E-state index contributed by atoms with van der Waals surface area (Å²) in [6, 6.07) is 3.73. The molecule has 0 saturated heterocycles. The highest BCUT2D eigenvalue weighted by molar-refractivity contribution is 7.16. The van der Waals surface area contributed by atoms with Crippen LogP contribution in [0.2, 0.25) is 0 Å². The lowest BCUT2D eigenvalue weighted by molar-refractivity contribution is -0.119. The van der Waals surface area contributed by atoms with Gasteiger partial charge in [-0.2, -0.15) is 4.99 Å². The summed E-state index contributed by atoms with van der Waals surface area (Å²) in [6.07, 6.45) is 1.30. The molecule has 0 fully saturated rings. The quantitative estimate of drug-likeness (QED) is 0.759. The van der Waals surface area contributed by atoms with Crippen LogP contribution in [0.15, 0.2) is 29.1 Å². The van der Waals surface area contributed by atoms with E-state index in [4.69, 9.17) is 23.7 Å². The van der Waals surface area contributed by atoms with Gasteiger partial charge in [0.1, 0.15) is 19.5 Å². The molecular formula is C17H20N2O6S. The lowest BCUT2D eigenvalue weighted by Gasteiger charge is -2.12. The van der Waals surface area contributed by atoms with Gasteiger partial charge in [-0.25, -0.2) is 0 Å². The molecule has 0 atom stereocenters. The number of benzene rings is 1. The van der Waals surface area contributed by atoms with Gasteiger partial charge >= 0.3 is 5.91 Å². The number of ether oxygens (including phenoxy) is 5. The Labute approximate surface area is 154 Å². The minimum atomic E-state index is -0.485. The van der Waals surface area contributed by atoms with Gasteiger partial charge in [0.15, 0.2) is 16.3 Å². The molecule has 0 saturated carbocycles. The van der Waals surface area contributed by atoms with Gasteiger partial charge in [0.05, 0.1) is 31.0 Å². The summed E-state index contributed by atoms with van der Waals surface area (Å²) in [4.78, 5) is 17.1. The Morgan fingerprint density at radius 3 is 2.65 bits per heavy atom. The molecule has 8 nitrogen and oxygen atoms in total. The Balaban J connectivity index is 2.12. The third-order valence-electron chi connectivity index (χ3n) is 3.76. The molecule has 3 rings (SSSR count). The lowest BCUT2D eigenvalue weighted by atomic mass is 10.3. The molecule has 0 N–H and O–H groups in total. The first-order valence-corrected chi connectivity index (χ1v) is 8.77. The molecule has 0 spiro atoms. The Hall–Kier alpha value is -2.52. The molecule has 1 aliphatic heterocycles. The van der Waals surface area contributed by atoms with E-state index in [0.717, 1.165) is 10.2 Å². The maximum atomic E-state index is 12.4. The van der Waals surface area contributed by atoms with Crippen LogP contribution in [-0.2, 0) is 25.5 Å². The number of fused-ring (bicyclic) bond motifs is 1. The average Bonchev–Trinajstić information content (AvgIpc) is 3.01. The van der Waals surface area contributed by atoms with Crippen molar-refractivity contribution in [2.75, 3.05) is 41.2 Å². The van der Waals surface area contributed by atoms with Crippen LogP contribution in [0.4, 0.5) is 0 Å². The van der Waals surface area contributed by atoms with Gasteiger partial charge in [0.2, 0.25) is 5.76 Å². The van der Waals surface area contributed by atoms with E-state index >= 15 is 0 Å². The number of rotatable bonds is 6. The van der Waals surface area contributed by atoms with E-state index < -0.39 is 5.91 Å². The Morgan fingerprint density at radius 1 is 1.23 bits per heavy atom. The van der Waals surface area contributed by atoms with Crippen molar-refractivity contribution in [1.29, 1.82) is 0 Å². The highest BCUT2D eigenvalue weighted by Crippen LogP contribution is 2.33. The van der Waals surface area contributed by atoms with Crippen molar-refractivity contribution >= 4 is 27.5 Å². The number of carbonyl (C=O) groups is 1. The van der Waals surface area contributed by atoms with E-state index in [2.05, 4.69) is 4.99 Å². The van der Waals surface area contributed by atoms with Gasteiger partial charge in [0, 0.05) is 25.8 Å². The number of hydrogen-bond donors (Lipinski definition) is 0. The zero-order chi connectivity index (χ0) is 18.5. The van der Waals surface area contributed by atoms with Gasteiger partial charge in [0.25, 0.3) is 0 Å². The summed E-state index contributed by atoms with van der Waals surface area (Å²) < 4.78 is 29.2. The smallest absolute Gasteiger partial charge is 0.317 e. The molecule has 1 aromatic heterocycles. The van der Waals surface area contributed by atoms with Crippen molar-refractivity contribution in [3.8, 4) is 11.5 Å². The summed E-state index contributed by atoms with van der Waals surface area (Å²) >= 11 is 1.38. The Morgan fingerprint density at radius 2 is 2.00 bits per heavy atom. The second-order valence-electron chi connectivity index (χ2n) is 5.32. The van der Waals surface area contributed by atoms with E-state index in [1.165, 1.54) is 17.6 Å². The molecule has 0 radical (unpaired) electrons. The molecular weight excluding hydrogens is 360 g/mol. The molecule has 1 aromatic carbocycles. The van der Waals surface area contributed by atoms with Gasteiger partial charge in [-0.05, 0) is 0 Å². The molecule has 9 heteroatoms. The van der Waals surface area contributed by atoms with Crippen LogP contribution in [0, 0.1) is 0 Å². The topological polar surface area (TPSA) is 80.5 Å². The van der Waals surface area contributed by atoms with Crippen molar-refractivity contribution in [3.63, 3.8) is 0 Å².